The molecule has 1 aliphatic rings. The first kappa shape index (κ1) is 28.1. The van der Waals surface area contributed by atoms with Gasteiger partial charge in [-0.05, 0) is 37.1 Å². The summed E-state index contributed by atoms with van der Waals surface area (Å²) in [6.45, 7) is 2.41. The molecule has 0 saturated carbocycles. The van der Waals surface area contributed by atoms with Gasteiger partial charge in [-0.3, -0.25) is 14.4 Å². The number of carbonyl (C=O) groups is 2. The second-order valence-electron chi connectivity index (χ2n) is 7.76. The van der Waals surface area contributed by atoms with Crippen LogP contribution in [0, 0.1) is 0 Å². The lowest BCUT2D eigenvalue weighted by molar-refractivity contribution is -0.147. The van der Waals surface area contributed by atoms with Crippen molar-refractivity contribution in [1.82, 2.24) is 10.4 Å². The van der Waals surface area contributed by atoms with E-state index in [1.807, 2.05) is 60.7 Å². The van der Waals surface area contributed by atoms with Gasteiger partial charge in [0.2, 0.25) is 5.78 Å². The molecule has 0 aromatic heterocycles. The molecule has 3 rings (SSSR count). The van der Waals surface area contributed by atoms with Crippen LogP contribution in [0.3, 0.4) is 0 Å². The molecule has 0 aliphatic carbocycles. The number of hydrogen-bond acceptors (Lipinski definition) is 5. The Hall–Kier alpha value is -1.96. The Morgan fingerprint density at radius 2 is 1.44 bits per heavy atom. The number of ketones is 1. The van der Waals surface area contributed by atoms with Gasteiger partial charge in [-0.25, -0.2) is 5.48 Å². The third-order valence-corrected chi connectivity index (χ3v) is 5.40. The highest BCUT2D eigenvalue weighted by atomic mass is 35.5. The summed E-state index contributed by atoms with van der Waals surface area (Å²) in [7, 11) is 0. The maximum Gasteiger partial charge on any atom is 0.310 e. The van der Waals surface area contributed by atoms with Crippen LogP contribution in [-0.4, -0.2) is 54.0 Å². The lowest BCUT2D eigenvalue weighted by Gasteiger charge is -2.28. The molecular formula is C24H32Cl2N2O4. The molecule has 1 aliphatic heterocycles. The maximum atomic E-state index is 12.5. The molecule has 2 aromatic rings. The smallest absolute Gasteiger partial charge is 0.310 e. The topological polar surface area (TPSA) is 78.9 Å². The minimum absolute atomic E-state index is 0. The maximum absolute atomic E-state index is 12.5. The zero-order chi connectivity index (χ0) is 21.2. The molecule has 1 heterocycles. The number of Topliss-reactive ketones (excluding diaryl/α,β-unsaturated/α-hetero) is 1. The van der Waals surface area contributed by atoms with Gasteiger partial charge < -0.3 is 10.0 Å². The fourth-order valence-electron chi connectivity index (χ4n) is 3.83. The lowest BCUT2D eigenvalue weighted by atomic mass is 9.87. The molecule has 176 valence electrons. The zero-order valence-electron chi connectivity index (χ0n) is 18.0. The van der Waals surface area contributed by atoms with Gasteiger partial charge in [-0.1, -0.05) is 67.1 Å². The Labute approximate surface area is 202 Å². The predicted octanol–water partition coefficient (Wildman–Crippen LogP) is 3.52. The fraction of sp³-hybridized carbons (Fsp3) is 0.417. The van der Waals surface area contributed by atoms with Crippen molar-refractivity contribution in [3.05, 3.63) is 71.8 Å². The van der Waals surface area contributed by atoms with E-state index in [1.54, 1.807) is 0 Å². The van der Waals surface area contributed by atoms with E-state index < -0.39 is 17.8 Å². The van der Waals surface area contributed by atoms with Crippen molar-refractivity contribution in [1.29, 1.82) is 0 Å². The number of halogens is 2. The predicted molar refractivity (Wildman–Crippen MR) is 129 cm³/mol. The average molecular weight is 483 g/mol. The average Bonchev–Trinajstić information content (AvgIpc) is 2.79. The standard InChI is InChI=1S/C24H30N2O4.2ClH/c27-21(17-26-14-8-3-9-15-26)18-30-25-24(29)23(28)16-22(19-10-4-1-5-11-19)20-12-6-2-7-13-20;;/h1-2,4-7,10-13,21-22,27H,3,8-9,14-18H2,(H,25,29);2*1H. The summed E-state index contributed by atoms with van der Waals surface area (Å²) in [6, 6.07) is 19.3. The number of hydroxylamine groups is 1. The lowest BCUT2D eigenvalue weighted by Crippen LogP contribution is -2.40. The number of carbonyl (C=O) groups excluding carboxylic acids is 2. The Morgan fingerprint density at radius 1 is 0.906 bits per heavy atom. The van der Waals surface area contributed by atoms with Crippen molar-refractivity contribution >= 4 is 36.5 Å². The van der Waals surface area contributed by atoms with Crippen molar-refractivity contribution in [2.75, 3.05) is 26.2 Å². The summed E-state index contributed by atoms with van der Waals surface area (Å²) in [5.41, 5.74) is 4.14. The highest BCUT2D eigenvalue weighted by Gasteiger charge is 2.23. The van der Waals surface area contributed by atoms with Gasteiger partial charge in [-0.2, -0.15) is 0 Å². The Kier molecular flexibility index (Phi) is 13.1. The second kappa shape index (κ2) is 15.0. The molecule has 2 N–H and O–H groups in total. The molecule has 32 heavy (non-hydrogen) atoms. The summed E-state index contributed by atoms with van der Waals surface area (Å²) in [5, 5.41) is 10.1. The van der Waals surface area contributed by atoms with Gasteiger partial charge in [-0.15, -0.1) is 24.8 Å². The molecule has 1 amide bonds. The molecule has 1 atom stereocenters. The molecule has 0 spiro atoms. The molecule has 1 unspecified atom stereocenters. The van der Waals surface area contributed by atoms with Gasteiger partial charge >= 0.3 is 5.91 Å². The van der Waals surface area contributed by atoms with Crippen molar-refractivity contribution in [3.63, 3.8) is 0 Å². The summed E-state index contributed by atoms with van der Waals surface area (Å²) >= 11 is 0. The quantitative estimate of drug-likeness (QED) is 0.400. The molecule has 0 radical (unpaired) electrons. The highest BCUT2D eigenvalue weighted by molar-refractivity contribution is 6.36. The molecule has 6 nitrogen and oxygen atoms in total. The second-order valence-corrected chi connectivity index (χ2v) is 7.76. The zero-order valence-corrected chi connectivity index (χ0v) is 19.7. The summed E-state index contributed by atoms with van der Waals surface area (Å²) in [6.07, 6.45) is 2.85. The van der Waals surface area contributed by atoms with E-state index in [1.165, 1.54) is 6.42 Å². The molecule has 1 saturated heterocycles. The Bertz CT molecular complexity index is 763. The van der Waals surface area contributed by atoms with Crippen LogP contribution >= 0.6 is 24.8 Å². The Morgan fingerprint density at radius 3 is 1.97 bits per heavy atom. The van der Waals surface area contributed by atoms with Crippen LogP contribution in [0.5, 0.6) is 0 Å². The van der Waals surface area contributed by atoms with Crippen molar-refractivity contribution in [3.8, 4) is 0 Å². The SMILES string of the molecule is Cl.Cl.O=C(CC(c1ccccc1)c1ccccc1)C(=O)NOCC(O)CN1CCCCC1. The van der Waals surface area contributed by atoms with Crippen LogP contribution in [-0.2, 0) is 14.4 Å². The van der Waals surface area contributed by atoms with Crippen LogP contribution in [0.25, 0.3) is 0 Å². The van der Waals surface area contributed by atoms with Crippen LogP contribution in [0.1, 0.15) is 42.7 Å². The molecule has 1 fully saturated rings. The number of benzene rings is 2. The summed E-state index contributed by atoms with van der Waals surface area (Å²) in [4.78, 5) is 32.1. The third kappa shape index (κ3) is 8.88. The van der Waals surface area contributed by atoms with Crippen LogP contribution in [0.15, 0.2) is 60.7 Å². The van der Waals surface area contributed by atoms with Crippen molar-refractivity contribution in [2.24, 2.45) is 0 Å². The van der Waals surface area contributed by atoms with E-state index in [-0.39, 0.29) is 43.8 Å². The first-order valence-corrected chi connectivity index (χ1v) is 10.6. The fourth-order valence-corrected chi connectivity index (χ4v) is 3.83. The first-order valence-electron chi connectivity index (χ1n) is 10.6. The van der Waals surface area contributed by atoms with Gasteiger partial charge in [0, 0.05) is 18.9 Å². The normalized spacial score (nSPS) is 14.7. The summed E-state index contributed by atoms with van der Waals surface area (Å²) in [5.74, 6) is -1.56. The third-order valence-electron chi connectivity index (χ3n) is 5.40. The van der Waals surface area contributed by atoms with Crippen LogP contribution in [0.4, 0.5) is 0 Å². The molecule has 2 aromatic carbocycles. The number of hydrogen-bond donors (Lipinski definition) is 2. The highest BCUT2D eigenvalue weighted by Crippen LogP contribution is 2.28. The molecule has 8 heteroatoms. The van der Waals surface area contributed by atoms with Gasteiger partial charge in [0.05, 0.1) is 6.10 Å². The largest absolute Gasteiger partial charge is 0.389 e. The van der Waals surface area contributed by atoms with Crippen molar-refractivity contribution < 1.29 is 19.5 Å². The van der Waals surface area contributed by atoms with Gasteiger partial charge in [0.25, 0.3) is 0 Å². The molecular weight excluding hydrogens is 451 g/mol. The van der Waals surface area contributed by atoms with Crippen molar-refractivity contribution in [2.45, 2.75) is 37.7 Å². The number of amides is 1. The van der Waals surface area contributed by atoms with E-state index in [2.05, 4.69) is 10.4 Å². The van der Waals surface area contributed by atoms with Crippen LogP contribution in [0.2, 0.25) is 0 Å². The van der Waals surface area contributed by atoms with E-state index in [0.717, 1.165) is 37.1 Å². The number of nitrogens with zero attached hydrogens (tertiary/aromatic N) is 1. The van der Waals surface area contributed by atoms with E-state index in [0.29, 0.717) is 6.54 Å². The number of nitrogens with one attached hydrogen (secondary N) is 1. The first-order chi connectivity index (χ1) is 14.6. The minimum atomic E-state index is -0.794. The molecule has 0 bridgehead atoms. The number of piperidine rings is 1. The Balaban J connectivity index is 0.00000256. The van der Waals surface area contributed by atoms with E-state index in [4.69, 9.17) is 4.84 Å². The number of aliphatic hydroxyl groups is 1. The van der Waals surface area contributed by atoms with Gasteiger partial charge in [0.1, 0.15) is 6.61 Å². The van der Waals surface area contributed by atoms with Crippen LogP contribution < -0.4 is 5.48 Å². The monoisotopic (exact) mass is 482 g/mol. The minimum Gasteiger partial charge on any atom is -0.389 e. The number of β-amino-alcohol motifs (C(OH)–C–C–N with tert-alkyl or cyclic N) is 1. The van der Waals surface area contributed by atoms with E-state index in [9.17, 15) is 14.7 Å². The number of rotatable bonds is 10. The number of likely N-dealkylation sites (tertiary alicyclic amines) is 1. The number of aliphatic hydroxyl groups excluding tert-OH is 1. The summed E-state index contributed by atoms with van der Waals surface area (Å²) < 4.78 is 0. The van der Waals surface area contributed by atoms with Gasteiger partial charge in [0.15, 0.2) is 0 Å². The van der Waals surface area contributed by atoms with E-state index >= 15 is 0 Å².